The van der Waals surface area contributed by atoms with Crippen LogP contribution in [0.2, 0.25) is 5.02 Å². The number of aromatic nitrogens is 2. The van der Waals surface area contributed by atoms with Crippen molar-refractivity contribution in [3.63, 3.8) is 0 Å². The predicted molar refractivity (Wildman–Crippen MR) is 128 cm³/mol. The molecule has 3 aromatic carbocycles. The van der Waals surface area contributed by atoms with Gasteiger partial charge in [-0.25, -0.2) is 4.98 Å². The molecule has 32 heavy (non-hydrogen) atoms. The maximum atomic E-state index is 13.2. The Morgan fingerprint density at radius 3 is 2.50 bits per heavy atom. The Balaban J connectivity index is 1.53. The average molecular weight is 446 g/mol. The van der Waals surface area contributed by atoms with Crippen LogP contribution >= 0.6 is 11.6 Å². The standard InChI is InChI=1S/C26H24ClN3O2/c1-18-10-12-19(13-11-18)17-30-24-9-5-4-8-22(24)29-23(26(30)32)14-15-25(31)28-16-20-6-2-3-7-21(20)27/h2-13H,14-17H2,1H3,(H,28,31). The van der Waals surface area contributed by atoms with E-state index in [-0.39, 0.29) is 24.3 Å². The van der Waals surface area contributed by atoms with Crippen LogP contribution in [0.3, 0.4) is 0 Å². The number of rotatable bonds is 7. The molecular weight excluding hydrogens is 422 g/mol. The van der Waals surface area contributed by atoms with E-state index in [1.165, 1.54) is 5.56 Å². The first-order valence-corrected chi connectivity index (χ1v) is 10.9. The zero-order valence-electron chi connectivity index (χ0n) is 17.8. The van der Waals surface area contributed by atoms with E-state index in [1.807, 2.05) is 73.7 Å². The Hall–Kier alpha value is -3.44. The van der Waals surface area contributed by atoms with E-state index in [9.17, 15) is 9.59 Å². The molecule has 0 fully saturated rings. The lowest BCUT2D eigenvalue weighted by Crippen LogP contribution is -2.28. The Morgan fingerprint density at radius 1 is 1.00 bits per heavy atom. The van der Waals surface area contributed by atoms with Crippen molar-refractivity contribution in [2.45, 2.75) is 32.9 Å². The minimum absolute atomic E-state index is 0.149. The smallest absolute Gasteiger partial charge is 0.273 e. The van der Waals surface area contributed by atoms with Crippen LogP contribution in [0.4, 0.5) is 0 Å². The lowest BCUT2D eigenvalue weighted by molar-refractivity contribution is -0.121. The van der Waals surface area contributed by atoms with E-state index in [2.05, 4.69) is 10.3 Å². The van der Waals surface area contributed by atoms with Crippen LogP contribution in [0.5, 0.6) is 0 Å². The van der Waals surface area contributed by atoms with Gasteiger partial charge in [0.2, 0.25) is 5.91 Å². The van der Waals surface area contributed by atoms with Crippen LogP contribution in [0.25, 0.3) is 11.0 Å². The number of fused-ring (bicyclic) bond motifs is 1. The molecule has 1 N–H and O–H groups in total. The second kappa shape index (κ2) is 9.79. The molecule has 1 amide bonds. The Kier molecular flexibility index (Phi) is 6.66. The van der Waals surface area contributed by atoms with Gasteiger partial charge in [0.15, 0.2) is 0 Å². The van der Waals surface area contributed by atoms with Crippen LogP contribution in [-0.2, 0) is 24.3 Å². The number of hydrogen-bond donors (Lipinski definition) is 1. The summed E-state index contributed by atoms with van der Waals surface area (Å²) in [7, 11) is 0. The minimum atomic E-state index is -0.164. The second-order valence-electron chi connectivity index (χ2n) is 7.79. The lowest BCUT2D eigenvalue weighted by atomic mass is 10.1. The summed E-state index contributed by atoms with van der Waals surface area (Å²) >= 11 is 6.14. The fourth-order valence-corrected chi connectivity index (χ4v) is 3.80. The van der Waals surface area contributed by atoms with Gasteiger partial charge in [-0.3, -0.25) is 9.59 Å². The second-order valence-corrected chi connectivity index (χ2v) is 8.20. The molecule has 4 aromatic rings. The molecule has 0 spiro atoms. The normalized spacial score (nSPS) is 10.9. The number of aryl methyl sites for hydroxylation is 2. The molecule has 0 aliphatic carbocycles. The van der Waals surface area contributed by atoms with Gasteiger partial charge in [-0.15, -0.1) is 0 Å². The van der Waals surface area contributed by atoms with Gasteiger partial charge in [0.1, 0.15) is 5.69 Å². The molecule has 1 heterocycles. The molecular formula is C26H24ClN3O2. The first kappa shape index (κ1) is 21.8. The van der Waals surface area contributed by atoms with Crippen molar-refractivity contribution in [1.29, 1.82) is 0 Å². The fourth-order valence-electron chi connectivity index (χ4n) is 3.60. The van der Waals surface area contributed by atoms with Gasteiger partial charge >= 0.3 is 0 Å². The number of amides is 1. The third-order valence-corrected chi connectivity index (χ3v) is 5.77. The molecule has 0 aliphatic heterocycles. The maximum absolute atomic E-state index is 13.2. The fraction of sp³-hybridized carbons (Fsp3) is 0.192. The Morgan fingerprint density at radius 2 is 1.72 bits per heavy atom. The zero-order chi connectivity index (χ0) is 22.5. The number of hydrogen-bond acceptors (Lipinski definition) is 3. The number of para-hydroxylation sites is 2. The topological polar surface area (TPSA) is 64.0 Å². The minimum Gasteiger partial charge on any atom is -0.352 e. The monoisotopic (exact) mass is 445 g/mol. The van der Waals surface area contributed by atoms with E-state index < -0.39 is 0 Å². The van der Waals surface area contributed by atoms with Crippen molar-refractivity contribution in [2.75, 3.05) is 0 Å². The van der Waals surface area contributed by atoms with Gasteiger partial charge in [0.25, 0.3) is 5.56 Å². The van der Waals surface area contributed by atoms with Gasteiger partial charge in [-0.2, -0.15) is 0 Å². The summed E-state index contributed by atoms with van der Waals surface area (Å²) in [5.74, 6) is -0.149. The van der Waals surface area contributed by atoms with Gasteiger partial charge in [-0.05, 0) is 36.2 Å². The van der Waals surface area contributed by atoms with Crippen LogP contribution in [0.15, 0.2) is 77.6 Å². The summed E-state index contributed by atoms with van der Waals surface area (Å²) in [5.41, 5.74) is 4.82. The number of carbonyl (C=O) groups is 1. The quantitative estimate of drug-likeness (QED) is 0.450. The summed E-state index contributed by atoms with van der Waals surface area (Å²) in [5, 5.41) is 3.48. The summed E-state index contributed by atoms with van der Waals surface area (Å²) < 4.78 is 1.74. The van der Waals surface area contributed by atoms with E-state index in [4.69, 9.17) is 11.6 Å². The molecule has 0 bridgehead atoms. The first-order valence-electron chi connectivity index (χ1n) is 10.6. The molecule has 0 aliphatic rings. The van der Waals surface area contributed by atoms with Crippen molar-refractivity contribution in [2.24, 2.45) is 0 Å². The van der Waals surface area contributed by atoms with Crippen molar-refractivity contribution in [3.8, 4) is 0 Å². The predicted octanol–water partition coefficient (Wildman–Crippen LogP) is 4.66. The average Bonchev–Trinajstić information content (AvgIpc) is 2.80. The molecule has 0 saturated heterocycles. The van der Waals surface area contributed by atoms with Crippen molar-refractivity contribution in [1.82, 2.24) is 14.9 Å². The van der Waals surface area contributed by atoms with Crippen LogP contribution < -0.4 is 10.9 Å². The summed E-state index contributed by atoms with van der Waals surface area (Å²) in [6.07, 6.45) is 0.446. The molecule has 0 unspecified atom stereocenters. The Labute approximate surface area is 191 Å². The summed E-state index contributed by atoms with van der Waals surface area (Å²) in [6, 6.07) is 23.1. The molecule has 4 rings (SSSR count). The van der Waals surface area contributed by atoms with Crippen LogP contribution in [0.1, 0.15) is 28.8 Å². The summed E-state index contributed by atoms with van der Waals surface area (Å²) in [4.78, 5) is 30.2. The first-order chi connectivity index (χ1) is 15.5. The van der Waals surface area contributed by atoms with Gasteiger partial charge < -0.3 is 9.88 Å². The molecule has 1 aromatic heterocycles. The van der Waals surface area contributed by atoms with Crippen LogP contribution in [0, 0.1) is 6.92 Å². The highest BCUT2D eigenvalue weighted by Gasteiger charge is 2.13. The van der Waals surface area contributed by atoms with Gasteiger partial charge in [-0.1, -0.05) is 71.8 Å². The third kappa shape index (κ3) is 5.06. The number of nitrogens with one attached hydrogen (secondary N) is 1. The Bertz CT molecular complexity index is 1310. The number of carbonyl (C=O) groups excluding carboxylic acids is 1. The third-order valence-electron chi connectivity index (χ3n) is 5.40. The lowest BCUT2D eigenvalue weighted by Gasteiger charge is -2.13. The molecule has 6 heteroatoms. The van der Waals surface area contributed by atoms with Crippen molar-refractivity contribution >= 4 is 28.5 Å². The van der Waals surface area contributed by atoms with Gasteiger partial charge in [0.05, 0.1) is 17.6 Å². The highest BCUT2D eigenvalue weighted by Crippen LogP contribution is 2.15. The molecule has 0 radical (unpaired) electrons. The van der Waals surface area contributed by atoms with E-state index in [1.54, 1.807) is 10.6 Å². The highest BCUT2D eigenvalue weighted by atomic mass is 35.5. The molecule has 5 nitrogen and oxygen atoms in total. The maximum Gasteiger partial charge on any atom is 0.273 e. The van der Waals surface area contributed by atoms with E-state index in [0.29, 0.717) is 23.8 Å². The SMILES string of the molecule is Cc1ccc(Cn2c(=O)c(CCC(=O)NCc3ccccc3Cl)nc3ccccc32)cc1. The van der Waals surface area contributed by atoms with Crippen molar-refractivity contribution < 1.29 is 4.79 Å². The molecule has 162 valence electrons. The highest BCUT2D eigenvalue weighted by molar-refractivity contribution is 6.31. The van der Waals surface area contributed by atoms with Gasteiger partial charge in [0, 0.05) is 24.4 Å². The molecule has 0 saturated carbocycles. The number of halogens is 1. The molecule has 0 atom stereocenters. The summed E-state index contributed by atoms with van der Waals surface area (Å²) in [6.45, 7) is 2.84. The van der Waals surface area contributed by atoms with E-state index in [0.717, 1.165) is 22.2 Å². The number of nitrogens with zero attached hydrogens (tertiary/aromatic N) is 2. The largest absolute Gasteiger partial charge is 0.352 e. The van der Waals surface area contributed by atoms with E-state index >= 15 is 0 Å². The van der Waals surface area contributed by atoms with Crippen molar-refractivity contribution in [3.05, 3.63) is 111 Å². The van der Waals surface area contributed by atoms with Crippen LogP contribution in [-0.4, -0.2) is 15.5 Å². The number of benzene rings is 3. The zero-order valence-corrected chi connectivity index (χ0v) is 18.6.